The largest absolute Gasteiger partial charge is 0.508 e. The molecule has 0 aliphatic rings. The molecule has 3 nitrogen and oxygen atoms in total. The van der Waals surface area contributed by atoms with Crippen molar-refractivity contribution in [3.8, 4) is 11.5 Å². The van der Waals surface area contributed by atoms with Crippen molar-refractivity contribution in [3.63, 3.8) is 0 Å². The Bertz CT molecular complexity index is 511. The van der Waals surface area contributed by atoms with E-state index < -0.39 is 0 Å². The second-order valence-corrected chi connectivity index (χ2v) is 4.47. The van der Waals surface area contributed by atoms with E-state index in [9.17, 15) is 10.2 Å². The SMILES string of the molecule is NC(Cc1ccccc1)Cc1ccc(O)cc1O. The van der Waals surface area contributed by atoms with Crippen molar-refractivity contribution in [2.45, 2.75) is 18.9 Å². The number of hydrogen-bond donors (Lipinski definition) is 3. The Morgan fingerprint density at radius 2 is 1.67 bits per heavy atom. The number of benzene rings is 2. The smallest absolute Gasteiger partial charge is 0.122 e. The Hall–Kier alpha value is -2.00. The first-order chi connectivity index (χ1) is 8.65. The first kappa shape index (κ1) is 12.5. The van der Waals surface area contributed by atoms with Crippen LogP contribution >= 0.6 is 0 Å². The average Bonchev–Trinajstić information content (AvgIpc) is 2.34. The van der Waals surface area contributed by atoms with Crippen LogP contribution in [0.25, 0.3) is 0 Å². The fourth-order valence-electron chi connectivity index (χ4n) is 2.00. The van der Waals surface area contributed by atoms with Crippen LogP contribution in [0.15, 0.2) is 48.5 Å². The van der Waals surface area contributed by atoms with E-state index in [4.69, 9.17) is 5.73 Å². The van der Waals surface area contributed by atoms with Crippen molar-refractivity contribution in [1.29, 1.82) is 0 Å². The van der Waals surface area contributed by atoms with Gasteiger partial charge in [-0.05, 0) is 30.0 Å². The van der Waals surface area contributed by atoms with E-state index >= 15 is 0 Å². The lowest BCUT2D eigenvalue weighted by atomic mass is 9.99. The van der Waals surface area contributed by atoms with Gasteiger partial charge in [0.2, 0.25) is 0 Å². The van der Waals surface area contributed by atoms with Crippen LogP contribution in [0.5, 0.6) is 11.5 Å². The quantitative estimate of drug-likeness (QED) is 0.771. The molecular weight excluding hydrogens is 226 g/mol. The third kappa shape index (κ3) is 3.25. The van der Waals surface area contributed by atoms with Crippen molar-refractivity contribution < 1.29 is 10.2 Å². The highest BCUT2D eigenvalue weighted by Gasteiger charge is 2.09. The van der Waals surface area contributed by atoms with Crippen molar-refractivity contribution in [2.24, 2.45) is 5.73 Å². The molecule has 0 amide bonds. The summed E-state index contributed by atoms with van der Waals surface area (Å²) in [5.74, 6) is 0.159. The van der Waals surface area contributed by atoms with Crippen LogP contribution in [0.1, 0.15) is 11.1 Å². The predicted octanol–water partition coefficient (Wildman–Crippen LogP) is 2.21. The molecule has 0 aliphatic heterocycles. The highest BCUT2D eigenvalue weighted by atomic mass is 16.3. The molecule has 0 fully saturated rings. The van der Waals surface area contributed by atoms with E-state index in [1.54, 1.807) is 12.1 Å². The topological polar surface area (TPSA) is 66.5 Å². The lowest BCUT2D eigenvalue weighted by Gasteiger charge is -2.13. The van der Waals surface area contributed by atoms with E-state index in [0.717, 1.165) is 12.0 Å². The minimum absolute atomic E-state index is 0.0529. The third-order valence-corrected chi connectivity index (χ3v) is 2.89. The number of rotatable bonds is 4. The van der Waals surface area contributed by atoms with Crippen LogP contribution in [0.2, 0.25) is 0 Å². The van der Waals surface area contributed by atoms with Gasteiger partial charge in [0.1, 0.15) is 11.5 Å². The summed E-state index contributed by atoms with van der Waals surface area (Å²) in [6, 6.07) is 14.6. The van der Waals surface area contributed by atoms with E-state index in [-0.39, 0.29) is 17.5 Å². The molecule has 0 radical (unpaired) electrons. The Labute approximate surface area is 107 Å². The molecule has 0 aliphatic carbocycles. The molecule has 0 heterocycles. The van der Waals surface area contributed by atoms with Gasteiger partial charge in [-0.25, -0.2) is 0 Å². The zero-order valence-corrected chi connectivity index (χ0v) is 10.1. The molecular formula is C15H17NO2. The van der Waals surface area contributed by atoms with Gasteiger partial charge in [-0.3, -0.25) is 0 Å². The van der Waals surface area contributed by atoms with Crippen LogP contribution < -0.4 is 5.73 Å². The second kappa shape index (κ2) is 5.56. The zero-order valence-electron chi connectivity index (χ0n) is 10.1. The summed E-state index contributed by atoms with van der Waals surface area (Å²) in [5, 5.41) is 18.9. The predicted molar refractivity (Wildman–Crippen MR) is 71.6 cm³/mol. The first-order valence-electron chi connectivity index (χ1n) is 5.95. The number of nitrogens with two attached hydrogens (primary N) is 1. The molecule has 1 unspecified atom stereocenters. The van der Waals surface area contributed by atoms with Gasteiger partial charge in [-0.15, -0.1) is 0 Å². The Balaban J connectivity index is 2.01. The molecule has 18 heavy (non-hydrogen) atoms. The zero-order chi connectivity index (χ0) is 13.0. The van der Waals surface area contributed by atoms with Crippen LogP contribution in [-0.2, 0) is 12.8 Å². The van der Waals surface area contributed by atoms with Gasteiger partial charge >= 0.3 is 0 Å². The number of aromatic hydroxyl groups is 2. The molecule has 2 aromatic rings. The van der Waals surface area contributed by atoms with Gasteiger partial charge in [-0.2, -0.15) is 0 Å². The van der Waals surface area contributed by atoms with E-state index in [0.29, 0.717) is 6.42 Å². The Morgan fingerprint density at radius 3 is 2.33 bits per heavy atom. The number of hydrogen-bond acceptors (Lipinski definition) is 3. The summed E-state index contributed by atoms with van der Waals surface area (Å²) in [7, 11) is 0. The summed E-state index contributed by atoms with van der Waals surface area (Å²) in [5.41, 5.74) is 8.02. The lowest BCUT2D eigenvalue weighted by molar-refractivity contribution is 0.443. The molecule has 0 spiro atoms. The Morgan fingerprint density at radius 1 is 0.944 bits per heavy atom. The van der Waals surface area contributed by atoms with Crippen molar-refractivity contribution in [2.75, 3.05) is 0 Å². The second-order valence-electron chi connectivity index (χ2n) is 4.47. The number of phenolic OH excluding ortho intramolecular Hbond substituents is 2. The number of phenols is 2. The molecule has 1 atom stereocenters. The van der Waals surface area contributed by atoms with Gasteiger partial charge in [-0.1, -0.05) is 36.4 Å². The van der Waals surface area contributed by atoms with Crippen molar-refractivity contribution in [1.82, 2.24) is 0 Å². The molecule has 0 bridgehead atoms. The van der Waals surface area contributed by atoms with Gasteiger partial charge in [0.15, 0.2) is 0 Å². The fourth-order valence-corrected chi connectivity index (χ4v) is 2.00. The van der Waals surface area contributed by atoms with Gasteiger partial charge in [0.25, 0.3) is 0 Å². The normalized spacial score (nSPS) is 12.3. The van der Waals surface area contributed by atoms with Gasteiger partial charge in [0, 0.05) is 12.1 Å². The van der Waals surface area contributed by atoms with E-state index in [1.165, 1.54) is 11.6 Å². The maximum absolute atomic E-state index is 9.69. The van der Waals surface area contributed by atoms with Crippen molar-refractivity contribution >= 4 is 0 Å². The first-order valence-corrected chi connectivity index (χ1v) is 5.95. The molecule has 0 saturated heterocycles. The molecule has 0 saturated carbocycles. The summed E-state index contributed by atoms with van der Waals surface area (Å²) in [6.45, 7) is 0. The summed E-state index contributed by atoms with van der Waals surface area (Å²) in [6.07, 6.45) is 1.35. The average molecular weight is 243 g/mol. The molecule has 94 valence electrons. The Kier molecular flexibility index (Phi) is 3.85. The van der Waals surface area contributed by atoms with E-state index in [2.05, 4.69) is 0 Å². The highest BCUT2D eigenvalue weighted by Crippen LogP contribution is 2.23. The molecule has 4 N–H and O–H groups in total. The maximum atomic E-state index is 9.69. The fraction of sp³-hybridized carbons (Fsp3) is 0.200. The summed E-state index contributed by atoms with van der Waals surface area (Å²) >= 11 is 0. The molecule has 2 rings (SSSR count). The highest BCUT2D eigenvalue weighted by molar-refractivity contribution is 5.39. The summed E-state index contributed by atoms with van der Waals surface area (Å²) in [4.78, 5) is 0. The third-order valence-electron chi connectivity index (χ3n) is 2.89. The summed E-state index contributed by atoms with van der Waals surface area (Å²) < 4.78 is 0. The standard InChI is InChI=1S/C15H17NO2/c16-13(8-11-4-2-1-3-5-11)9-12-6-7-14(17)10-15(12)18/h1-7,10,13,17-18H,8-9,16H2. The van der Waals surface area contributed by atoms with Crippen LogP contribution in [0, 0.1) is 0 Å². The van der Waals surface area contributed by atoms with Crippen LogP contribution in [-0.4, -0.2) is 16.3 Å². The maximum Gasteiger partial charge on any atom is 0.122 e. The molecule has 2 aromatic carbocycles. The van der Waals surface area contributed by atoms with Crippen LogP contribution in [0.3, 0.4) is 0 Å². The monoisotopic (exact) mass is 243 g/mol. The minimum Gasteiger partial charge on any atom is -0.508 e. The van der Waals surface area contributed by atoms with E-state index in [1.807, 2.05) is 30.3 Å². The van der Waals surface area contributed by atoms with Gasteiger partial charge < -0.3 is 15.9 Å². The molecule has 3 heteroatoms. The van der Waals surface area contributed by atoms with Crippen molar-refractivity contribution in [3.05, 3.63) is 59.7 Å². The van der Waals surface area contributed by atoms with Gasteiger partial charge in [0.05, 0.1) is 0 Å². The lowest BCUT2D eigenvalue weighted by Crippen LogP contribution is -2.25. The minimum atomic E-state index is -0.0529. The molecule has 0 aromatic heterocycles. The van der Waals surface area contributed by atoms with Crippen LogP contribution in [0.4, 0.5) is 0 Å².